The van der Waals surface area contributed by atoms with Crippen molar-refractivity contribution in [3.05, 3.63) is 35.4 Å². The molecule has 1 atom stereocenters. The van der Waals surface area contributed by atoms with Gasteiger partial charge in [0.25, 0.3) is 6.43 Å². The average molecular weight is 212 g/mol. The van der Waals surface area contributed by atoms with Gasteiger partial charge in [-0.2, -0.15) is 0 Å². The van der Waals surface area contributed by atoms with E-state index in [0.717, 1.165) is 19.3 Å². The van der Waals surface area contributed by atoms with Gasteiger partial charge >= 0.3 is 0 Å². The van der Waals surface area contributed by atoms with Gasteiger partial charge in [-0.25, -0.2) is 8.78 Å². The number of hydrogen-bond donors (Lipinski definition) is 0. The molecule has 1 aromatic rings. The molecule has 0 aromatic heterocycles. The lowest BCUT2D eigenvalue weighted by Gasteiger charge is -2.14. The van der Waals surface area contributed by atoms with E-state index in [-0.39, 0.29) is 5.56 Å². The van der Waals surface area contributed by atoms with Crippen molar-refractivity contribution in [3.63, 3.8) is 0 Å². The zero-order valence-electron chi connectivity index (χ0n) is 9.34. The summed E-state index contributed by atoms with van der Waals surface area (Å²) in [5.41, 5.74) is 1.30. The van der Waals surface area contributed by atoms with Crippen molar-refractivity contribution in [1.82, 2.24) is 0 Å². The minimum absolute atomic E-state index is 0.116. The van der Waals surface area contributed by atoms with Crippen LogP contribution >= 0.6 is 0 Å². The SMILES string of the molecule is CCCC(CC)c1ccc(C(F)F)cc1. The fraction of sp³-hybridized carbons (Fsp3) is 0.538. The molecule has 0 saturated carbocycles. The maximum absolute atomic E-state index is 12.3. The Kier molecular flexibility index (Phi) is 4.73. The van der Waals surface area contributed by atoms with Gasteiger partial charge in [0, 0.05) is 5.56 Å². The lowest BCUT2D eigenvalue weighted by atomic mass is 9.92. The van der Waals surface area contributed by atoms with Crippen LogP contribution in [0.3, 0.4) is 0 Å². The summed E-state index contributed by atoms with van der Waals surface area (Å²) in [5.74, 6) is 0.515. The molecule has 0 fully saturated rings. The molecule has 0 amide bonds. The van der Waals surface area contributed by atoms with E-state index in [9.17, 15) is 8.78 Å². The molecule has 0 aliphatic heterocycles. The third kappa shape index (κ3) is 3.29. The quantitative estimate of drug-likeness (QED) is 0.650. The first kappa shape index (κ1) is 12.2. The van der Waals surface area contributed by atoms with Crippen LogP contribution < -0.4 is 0 Å². The fourth-order valence-electron chi connectivity index (χ4n) is 1.87. The standard InChI is InChI=1S/C13H18F2/c1-3-5-10(4-2)11-6-8-12(9-7-11)13(14)15/h6-10,13H,3-5H2,1-2H3. The zero-order valence-corrected chi connectivity index (χ0v) is 9.34. The lowest BCUT2D eigenvalue weighted by Crippen LogP contribution is -1.97. The maximum atomic E-state index is 12.3. The lowest BCUT2D eigenvalue weighted by molar-refractivity contribution is 0.151. The summed E-state index contributed by atoms with van der Waals surface area (Å²) < 4.78 is 24.7. The second kappa shape index (κ2) is 5.84. The Balaban J connectivity index is 2.77. The molecule has 2 heteroatoms. The second-order valence-corrected chi connectivity index (χ2v) is 3.86. The molecule has 0 bridgehead atoms. The Morgan fingerprint density at radius 1 is 1.00 bits per heavy atom. The van der Waals surface area contributed by atoms with E-state index in [1.807, 2.05) is 12.1 Å². The summed E-state index contributed by atoms with van der Waals surface area (Å²) in [5, 5.41) is 0. The van der Waals surface area contributed by atoms with Gasteiger partial charge in [0.1, 0.15) is 0 Å². The van der Waals surface area contributed by atoms with Gasteiger partial charge in [0.15, 0.2) is 0 Å². The van der Waals surface area contributed by atoms with Crippen LogP contribution in [0.5, 0.6) is 0 Å². The monoisotopic (exact) mass is 212 g/mol. The Hall–Kier alpha value is -0.920. The molecule has 0 nitrogen and oxygen atoms in total. The minimum Gasteiger partial charge on any atom is -0.205 e. The van der Waals surface area contributed by atoms with Crippen molar-refractivity contribution in [2.75, 3.05) is 0 Å². The number of alkyl halides is 2. The van der Waals surface area contributed by atoms with Crippen LogP contribution in [0, 0.1) is 0 Å². The van der Waals surface area contributed by atoms with E-state index < -0.39 is 6.43 Å². The first-order chi connectivity index (χ1) is 7.19. The summed E-state index contributed by atoms with van der Waals surface area (Å²) in [6.07, 6.45) is 0.979. The van der Waals surface area contributed by atoms with E-state index in [1.165, 1.54) is 5.56 Å². The smallest absolute Gasteiger partial charge is 0.205 e. The second-order valence-electron chi connectivity index (χ2n) is 3.86. The van der Waals surface area contributed by atoms with Crippen molar-refractivity contribution >= 4 is 0 Å². The predicted molar refractivity (Wildman–Crippen MR) is 59.3 cm³/mol. The largest absolute Gasteiger partial charge is 0.263 e. The molecular formula is C13H18F2. The Labute approximate surface area is 90.3 Å². The summed E-state index contributed by atoms with van der Waals surface area (Å²) in [7, 11) is 0. The number of rotatable bonds is 5. The Morgan fingerprint density at radius 3 is 1.93 bits per heavy atom. The summed E-state index contributed by atoms with van der Waals surface area (Å²) in [6.45, 7) is 4.29. The van der Waals surface area contributed by atoms with Crippen LogP contribution in [0.4, 0.5) is 8.78 Å². The van der Waals surface area contributed by atoms with Gasteiger partial charge in [-0.3, -0.25) is 0 Å². The van der Waals surface area contributed by atoms with E-state index in [0.29, 0.717) is 5.92 Å². The van der Waals surface area contributed by atoms with Gasteiger partial charge in [-0.1, -0.05) is 44.5 Å². The van der Waals surface area contributed by atoms with Crippen LogP contribution in [0.1, 0.15) is 56.6 Å². The fourth-order valence-corrected chi connectivity index (χ4v) is 1.87. The van der Waals surface area contributed by atoms with Gasteiger partial charge < -0.3 is 0 Å². The molecule has 0 N–H and O–H groups in total. The van der Waals surface area contributed by atoms with Gasteiger partial charge in [0.2, 0.25) is 0 Å². The van der Waals surface area contributed by atoms with Crippen LogP contribution in [-0.4, -0.2) is 0 Å². The third-order valence-corrected chi connectivity index (χ3v) is 2.79. The highest BCUT2D eigenvalue weighted by atomic mass is 19.3. The predicted octanol–water partition coefficient (Wildman–Crippen LogP) is 4.92. The minimum atomic E-state index is -2.36. The van der Waals surface area contributed by atoms with Gasteiger partial charge in [-0.05, 0) is 24.3 Å². The van der Waals surface area contributed by atoms with E-state index >= 15 is 0 Å². The number of hydrogen-bond acceptors (Lipinski definition) is 0. The molecular weight excluding hydrogens is 194 g/mol. The van der Waals surface area contributed by atoms with E-state index in [4.69, 9.17) is 0 Å². The molecule has 15 heavy (non-hydrogen) atoms. The Morgan fingerprint density at radius 2 is 1.53 bits per heavy atom. The summed E-state index contributed by atoms with van der Waals surface area (Å²) in [4.78, 5) is 0. The van der Waals surface area contributed by atoms with Gasteiger partial charge in [0.05, 0.1) is 0 Å². The topological polar surface area (TPSA) is 0 Å². The van der Waals surface area contributed by atoms with E-state index in [2.05, 4.69) is 13.8 Å². The molecule has 1 unspecified atom stereocenters. The molecule has 0 heterocycles. The van der Waals surface area contributed by atoms with Crippen molar-refractivity contribution < 1.29 is 8.78 Å². The van der Waals surface area contributed by atoms with Crippen LogP contribution in [0.25, 0.3) is 0 Å². The first-order valence-corrected chi connectivity index (χ1v) is 5.57. The molecule has 0 aliphatic carbocycles. The number of benzene rings is 1. The van der Waals surface area contributed by atoms with Crippen molar-refractivity contribution in [2.24, 2.45) is 0 Å². The van der Waals surface area contributed by atoms with E-state index in [1.54, 1.807) is 12.1 Å². The molecule has 0 saturated heterocycles. The highest BCUT2D eigenvalue weighted by Gasteiger charge is 2.10. The average Bonchev–Trinajstić information content (AvgIpc) is 2.26. The maximum Gasteiger partial charge on any atom is 0.263 e. The highest BCUT2D eigenvalue weighted by Crippen LogP contribution is 2.26. The normalized spacial score (nSPS) is 13.1. The summed E-state index contributed by atoms with van der Waals surface area (Å²) in [6, 6.07) is 6.76. The molecule has 0 aliphatic rings. The molecule has 1 rings (SSSR count). The van der Waals surface area contributed by atoms with Crippen LogP contribution in [0.2, 0.25) is 0 Å². The molecule has 0 radical (unpaired) electrons. The molecule has 84 valence electrons. The molecule has 1 aromatic carbocycles. The van der Waals surface area contributed by atoms with Crippen molar-refractivity contribution in [2.45, 2.75) is 45.5 Å². The third-order valence-electron chi connectivity index (χ3n) is 2.79. The van der Waals surface area contributed by atoms with Crippen LogP contribution in [0.15, 0.2) is 24.3 Å². The first-order valence-electron chi connectivity index (χ1n) is 5.57. The number of halogens is 2. The van der Waals surface area contributed by atoms with Crippen LogP contribution in [-0.2, 0) is 0 Å². The van der Waals surface area contributed by atoms with Crippen molar-refractivity contribution in [3.8, 4) is 0 Å². The Bertz CT molecular complexity index is 277. The summed E-state index contributed by atoms with van der Waals surface area (Å²) >= 11 is 0. The van der Waals surface area contributed by atoms with Gasteiger partial charge in [-0.15, -0.1) is 0 Å². The molecule has 0 spiro atoms. The van der Waals surface area contributed by atoms with Crippen molar-refractivity contribution in [1.29, 1.82) is 0 Å². The highest BCUT2D eigenvalue weighted by molar-refractivity contribution is 5.25. The zero-order chi connectivity index (χ0) is 11.3.